The van der Waals surface area contributed by atoms with Crippen molar-refractivity contribution in [2.45, 2.75) is 24.9 Å². The normalized spacial score (nSPS) is 10.7. The number of rotatable bonds is 11. The van der Waals surface area contributed by atoms with E-state index in [1.807, 2.05) is 0 Å². The van der Waals surface area contributed by atoms with E-state index in [0.717, 1.165) is 11.8 Å². The van der Waals surface area contributed by atoms with E-state index in [0.29, 0.717) is 52.8 Å². The van der Waals surface area contributed by atoms with Crippen LogP contribution in [0.25, 0.3) is 16.6 Å². The predicted molar refractivity (Wildman–Crippen MR) is 130 cm³/mol. The Morgan fingerprint density at radius 2 is 1.85 bits per heavy atom. The minimum atomic E-state index is -0.287. The molecule has 1 N–H and O–H groups in total. The smallest absolute Gasteiger partial charge is 0.305 e. The van der Waals surface area contributed by atoms with Crippen molar-refractivity contribution in [3.05, 3.63) is 52.8 Å². The number of thioether (sulfide) groups is 1. The van der Waals surface area contributed by atoms with Crippen molar-refractivity contribution in [3.8, 4) is 17.2 Å². The van der Waals surface area contributed by atoms with Crippen molar-refractivity contribution in [1.29, 1.82) is 0 Å². The van der Waals surface area contributed by atoms with Crippen LogP contribution in [0, 0.1) is 0 Å². The number of methoxy groups -OCH3 is 2. The molecule has 0 aliphatic heterocycles. The summed E-state index contributed by atoms with van der Waals surface area (Å²) in [7, 11) is 3.05. The summed E-state index contributed by atoms with van der Waals surface area (Å²) in [6.07, 6.45) is 0.728. The molecular weight excluding hydrogens is 458 g/mol. The molecule has 0 saturated carbocycles. The molecule has 0 bridgehead atoms. The third-order valence-electron chi connectivity index (χ3n) is 4.89. The van der Waals surface area contributed by atoms with E-state index >= 15 is 0 Å². The highest BCUT2D eigenvalue weighted by Gasteiger charge is 2.16. The maximum absolute atomic E-state index is 13.4. The summed E-state index contributed by atoms with van der Waals surface area (Å²) in [5.74, 6) is 0.539. The van der Waals surface area contributed by atoms with Gasteiger partial charge in [0.25, 0.3) is 5.56 Å². The number of nitrogens with zero attached hydrogens (tertiary/aromatic N) is 2. The summed E-state index contributed by atoms with van der Waals surface area (Å²) >= 11 is 1.15. The number of benzene rings is 2. The molecule has 180 valence electrons. The van der Waals surface area contributed by atoms with E-state index in [2.05, 4.69) is 10.3 Å². The number of aromatic nitrogens is 2. The van der Waals surface area contributed by atoms with Crippen molar-refractivity contribution < 1.29 is 23.8 Å². The second-order valence-electron chi connectivity index (χ2n) is 7.14. The van der Waals surface area contributed by atoms with Gasteiger partial charge in [0.2, 0.25) is 5.91 Å². The summed E-state index contributed by atoms with van der Waals surface area (Å²) in [6, 6.07) is 12.2. The maximum Gasteiger partial charge on any atom is 0.305 e. The minimum Gasteiger partial charge on any atom is -0.493 e. The van der Waals surface area contributed by atoms with Crippen LogP contribution in [0.2, 0.25) is 0 Å². The van der Waals surface area contributed by atoms with Gasteiger partial charge in [-0.05, 0) is 37.6 Å². The van der Waals surface area contributed by atoms with Gasteiger partial charge in [-0.15, -0.1) is 0 Å². The number of nitrogens with one attached hydrogen (secondary N) is 1. The lowest BCUT2D eigenvalue weighted by molar-refractivity contribution is -0.143. The number of hydrogen-bond donors (Lipinski definition) is 1. The largest absolute Gasteiger partial charge is 0.493 e. The van der Waals surface area contributed by atoms with Crippen LogP contribution < -0.4 is 20.3 Å². The monoisotopic (exact) mass is 485 g/mol. The zero-order chi connectivity index (χ0) is 24.5. The lowest BCUT2D eigenvalue weighted by Crippen LogP contribution is -2.27. The molecule has 0 saturated heterocycles. The van der Waals surface area contributed by atoms with Crippen LogP contribution in [0.1, 0.15) is 19.8 Å². The van der Waals surface area contributed by atoms with Crippen molar-refractivity contribution in [3.63, 3.8) is 0 Å². The predicted octanol–water partition coefficient (Wildman–Crippen LogP) is 2.95. The Morgan fingerprint density at radius 3 is 2.59 bits per heavy atom. The van der Waals surface area contributed by atoms with Crippen LogP contribution in [0.15, 0.2) is 52.4 Å². The molecule has 0 aliphatic carbocycles. The number of para-hydroxylation sites is 1. The Kier molecular flexibility index (Phi) is 8.92. The molecule has 0 atom stereocenters. The zero-order valence-electron chi connectivity index (χ0n) is 19.3. The third-order valence-corrected chi connectivity index (χ3v) is 5.83. The average molecular weight is 486 g/mol. The first kappa shape index (κ1) is 25.1. The molecule has 3 rings (SSSR count). The van der Waals surface area contributed by atoms with Crippen LogP contribution in [0.4, 0.5) is 0 Å². The molecule has 1 heterocycles. The summed E-state index contributed by atoms with van der Waals surface area (Å²) in [6.45, 7) is 2.44. The molecule has 0 unspecified atom stereocenters. The van der Waals surface area contributed by atoms with Gasteiger partial charge in [0.1, 0.15) is 0 Å². The highest BCUT2D eigenvalue weighted by molar-refractivity contribution is 7.99. The first-order chi connectivity index (χ1) is 16.5. The fraction of sp³-hybridized carbons (Fsp3) is 0.333. The second kappa shape index (κ2) is 12.1. The number of carbonyl (C=O) groups excluding carboxylic acids is 2. The molecule has 1 aromatic heterocycles. The molecule has 0 aliphatic rings. The summed E-state index contributed by atoms with van der Waals surface area (Å²) in [5, 5.41) is 3.61. The van der Waals surface area contributed by atoms with Crippen molar-refractivity contribution in [2.75, 3.05) is 33.1 Å². The fourth-order valence-electron chi connectivity index (χ4n) is 3.28. The number of fused-ring (bicyclic) bond motifs is 1. The molecule has 10 heteroatoms. The Bertz CT molecular complexity index is 1230. The van der Waals surface area contributed by atoms with E-state index in [1.54, 1.807) is 49.4 Å². The number of hydrogen-bond acceptors (Lipinski definition) is 8. The lowest BCUT2D eigenvalue weighted by Gasteiger charge is -2.15. The summed E-state index contributed by atoms with van der Waals surface area (Å²) in [5.41, 5.74) is 0.829. The average Bonchev–Trinajstić information content (AvgIpc) is 2.85. The Labute approximate surface area is 201 Å². The standard InChI is InChI=1S/C24H27N3O6S/c1-4-33-22(29)10-7-13-25-21(28)15-34-24-26-18-9-6-5-8-17(18)23(30)27(24)16-11-12-19(31-2)20(14-16)32-3/h5-6,8-9,11-12,14H,4,7,10,13,15H2,1-3H3,(H,25,28). The molecule has 0 radical (unpaired) electrons. The lowest BCUT2D eigenvalue weighted by atomic mass is 10.2. The van der Waals surface area contributed by atoms with Crippen molar-refractivity contribution in [1.82, 2.24) is 14.9 Å². The first-order valence-electron chi connectivity index (χ1n) is 10.8. The van der Waals surface area contributed by atoms with E-state index in [4.69, 9.17) is 14.2 Å². The Balaban J connectivity index is 1.82. The Hall–Kier alpha value is -3.53. The van der Waals surface area contributed by atoms with E-state index in [9.17, 15) is 14.4 Å². The van der Waals surface area contributed by atoms with Crippen LogP contribution >= 0.6 is 11.8 Å². The summed E-state index contributed by atoms with van der Waals surface area (Å²) < 4.78 is 17.0. The number of carbonyl (C=O) groups is 2. The van der Waals surface area contributed by atoms with Crippen molar-refractivity contribution >= 4 is 34.5 Å². The SMILES string of the molecule is CCOC(=O)CCCNC(=O)CSc1nc2ccccc2c(=O)n1-c1ccc(OC)c(OC)c1. The van der Waals surface area contributed by atoms with Gasteiger partial charge in [-0.25, -0.2) is 4.98 Å². The second-order valence-corrected chi connectivity index (χ2v) is 8.08. The number of ether oxygens (including phenoxy) is 3. The maximum atomic E-state index is 13.4. The van der Waals surface area contributed by atoms with Gasteiger partial charge in [-0.3, -0.25) is 19.0 Å². The van der Waals surface area contributed by atoms with Gasteiger partial charge in [-0.1, -0.05) is 23.9 Å². The van der Waals surface area contributed by atoms with Gasteiger partial charge in [0, 0.05) is 19.0 Å². The third kappa shape index (κ3) is 6.07. The zero-order valence-corrected chi connectivity index (χ0v) is 20.1. The van der Waals surface area contributed by atoms with Crippen LogP contribution in [0.5, 0.6) is 11.5 Å². The van der Waals surface area contributed by atoms with Gasteiger partial charge < -0.3 is 19.5 Å². The van der Waals surface area contributed by atoms with Gasteiger partial charge in [0.15, 0.2) is 16.7 Å². The van der Waals surface area contributed by atoms with Crippen LogP contribution in [-0.4, -0.2) is 54.6 Å². The molecule has 0 spiro atoms. The van der Waals surface area contributed by atoms with E-state index in [1.165, 1.54) is 18.8 Å². The van der Waals surface area contributed by atoms with Gasteiger partial charge in [0.05, 0.1) is 43.2 Å². The molecule has 1 amide bonds. The number of amides is 1. The highest BCUT2D eigenvalue weighted by atomic mass is 32.2. The fourth-order valence-corrected chi connectivity index (χ4v) is 4.12. The highest BCUT2D eigenvalue weighted by Crippen LogP contribution is 2.30. The molecule has 0 fully saturated rings. The quantitative estimate of drug-likeness (QED) is 0.191. The topological polar surface area (TPSA) is 109 Å². The molecule has 3 aromatic rings. The van der Waals surface area contributed by atoms with Crippen LogP contribution in [0.3, 0.4) is 0 Å². The molecule has 9 nitrogen and oxygen atoms in total. The number of esters is 1. The molecule has 34 heavy (non-hydrogen) atoms. The van der Waals surface area contributed by atoms with E-state index in [-0.39, 0.29) is 29.6 Å². The van der Waals surface area contributed by atoms with Gasteiger partial charge in [-0.2, -0.15) is 0 Å². The minimum absolute atomic E-state index is 0.0531. The molecule has 2 aromatic carbocycles. The summed E-state index contributed by atoms with van der Waals surface area (Å²) in [4.78, 5) is 41.8. The Morgan fingerprint density at radius 1 is 1.09 bits per heavy atom. The van der Waals surface area contributed by atoms with Crippen molar-refractivity contribution in [2.24, 2.45) is 0 Å². The molecular formula is C24H27N3O6S. The van der Waals surface area contributed by atoms with E-state index < -0.39 is 0 Å². The first-order valence-corrected chi connectivity index (χ1v) is 11.8. The van der Waals surface area contributed by atoms with Gasteiger partial charge >= 0.3 is 5.97 Å². The van der Waals surface area contributed by atoms with Crippen LogP contribution in [-0.2, 0) is 14.3 Å².